The molecule has 0 radical (unpaired) electrons. The molecule has 1 aromatic heterocycles. The lowest BCUT2D eigenvalue weighted by atomic mass is 10.2. The Balaban J connectivity index is 2.14. The molecule has 1 aromatic carbocycles. The van der Waals surface area contributed by atoms with E-state index in [1.54, 1.807) is 11.3 Å². The number of nitrogens with one attached hydrogen (secondary N) is 1. The van der Waals surface area contributed by atoms with Gasteiger partial charge in [-0.3, -0.25) is 0 Å². The molecule has 8 heteroatoms. The van der Waals surface area contributed by atoms with E-state index in [0.717, 1.165) is 5.56 Å². The first kappa shape index (κ1) is 15.8. The summed E-state index contributed by atoms with van der Waals surface area (Å²) >= 11 is 10.6. The van der Waals surface area contributed by atoms with Crippen LogP contribution in [0.1, 0.15) is 5.56 Å². The third kappa shape index (κ3) is 3.73. The molecule has 0 bridgehead atoms. The Kier molecular flexibility index (Phi) is 5.09. The zero-order valence-corrected chi connectivity index (χ0v) is 14.2. The number of benzene rings is 1. The second-order valence-electron chi connectivity index (χ2n) is 4.09. The van der Waals surface area contributed by atoms with E-state index < -0.39 is 10.0 Å². The van der Waals surface area contributed by atoms with Gasteiger partial charge < -0.3 is 5.73 Å². The molecule has 0 unspecified atom stereocenters. The summed E-state index contributed by atoms with van der Waals surface area (Å²) in [6.07, 6.45) is 0.635. The predicted octanol–water partition coefficient (Wildman–Crippen LogP) is 3.27. The fourth-order valence-corrected chi connectivity index (χ4v) is 4.65. The van der Waals surface area contributed by atoms with Crippen molar-refractivity contribution < 1.29 is 8.42 Å². The Labute approximate surface area is 135 Å². The van der Waals surface area contributed by atoms with Crippen LogP contribution in [-0.2, 0) is 16.4 Å². The van der Waals surface area contributed by atoms with Crippen LogP contribution in [0.5, 0.6) is 0 Å². The third-order valence-electron chi connectivity index (χ3n) is 2.61. The first-order chi connectivity index (χ1) is 9.40. The van der Waals surface area contributed by atoms with Gasteiger partial charge in [0.1, 0.15) is 0 Å². The Bertz CT molecular complexity index is 702. The van der Waals surface area contributed by atoms with Crippen molar-refractivity contribution >= 4 is 54.6 Å². The molecule has 1 heterocycles. The van der Waals surface area contributed by atoms with Gasteiger partial charge in [0.2, 0.25) is 10.0 Å². The Hall–Kier alpha value is -0.600. The molecule has 2 aromatic rings. The second-order valence-corrected chi connectivity index (χ2v) is 7.83. The van der Waals surface area contributed by atoms with Crippen molar-refractivity contribution in [2.24, 2.45) is 0 Å². The lowest BCUT2D eigenvalue weighted by Crippen LogP contribution is -2.26. The van der Waals surface area contributed by atoms with E-state index in [1.165, 1.54) is 12.1 Å². The van der Waals surface area contributed by atoms with Crippen LogP contribution in [0.25, 0.3) is 0 Å². The minimum absolute atomic E-state index is 0.0489. The van der Waals surface area contributed by atoms with Gasteiger partial charge >= 0.3 is 0 Å². The fourth-order valence-electron chi connectivity index (χ4n) is 1.62. The standard InChI is InChI=1S/C12H12BrClN2O2S2/c13-12-10(15)5-9(14)6-11(12)20(17,18)16-3-1-8-2-4-19-7-8/h2,4-7,16H,1,3,15H2. The van der Waals surface area contributed by atoms with Gasteiger partial charge in [-0.2, -0.15) is 11.3 Å². The minimum atomic E-state index is -3.65. The quantitative estimate of drug-likeness (QED) is 0.763. The summed E-state index contributed by atoms with van der Waals surface area (Å²) in [5.74, 6) is 0. The number of nitrogen functional groups attached to an aromatic ring is 1. The monoisotopic (exact) mass is 394 g/mol. The van der Waals surface area contributed by atoms with Crippen LogP contribution in [-0.4, -0.2) is 15.0 Å². The van der Waals surface area contributed by atoms with E-state index in [1.807, 2.05) is 16.8 Å². The zero-order valence-electron chi connectivity index (χ0n) is 10.3. The molecule has 4 nitrogen and oxygen atoms in total. The zero-order chi connectivity index (χ0) is 14.8. The Morgan fingerprint density at radius 1 is 1.40 bits per heavy atom. The van der Waals surface area contributed by atoms with Crippen molar-refractivity contribution in [1.29, 1.82) is 0 Å². The van der Waals surface area contributed by atoms with Crippen LogP contribution in [0.2, 0.25) is 5.02 Å². The number of hydrogen-bond donors (Lipinski definition) is 2. The van der Waals surface area contributed by atoms with Gasteiger partial charge in [-0.25, -0.2) is 13.1 Å². The molecular formula is C12H12BrClN2O2S2. The average Bonchev–Trinajstić information content (AvgIpc) is 2.86. The van der Waals surface area contributed by atoms with Gasteiger partial charge in [0.05, 0.1) is 9.37 Å². The Morgan fingerprint density at radius 3 is 2.80 bits per heavy atom. The molecule has 2 rings (SSSR count). The van der Waals surface area contributed by atoms with Gasteiger partial charge in [-0.15, -0.1) is 0 Å². The number of sulfonamides is 1. The maximum atomic E-state index is 12.2. The van der Waals surface area contributed by atoms with Gasteiger partial charge in [0.25, 0.3) is 0 Å². The van der Waals surface area contributed by atoms with E-state index in [4.69, 9.17) is 17.3 Å². The molecule has 0 spiro atoms. The summed E-state index contributed by atoms with van der Waals surface area (Å²) in [6.45, 7) is 0.317. The molecule has 0 saturated carbocycles. The first-order valence-electron chi connectivity index (χ1n) is 5.65. The number of hydrogen-bond acceptors (Lipinski definition) is 4. The van der Waals surface area contributed by atoms with Crippen LogP contribution in [0, 0.1) is 0 Å². The number of anilines is 1. The van der Waals surface area contributed by atoms with E-state index >= 15 is 0 Å². The summed E-state index contributed by atoms with van der Waals surface area (Å²) in [4.78, 5) is 0.0489. The van der Waals surface area contributed by atoms with Crippen LogP contribution < -0.4 is 10.5 Å². The van der Waals surface area contributed by atoms with Gasteiger partial charge in [0.15, 0.2) is 0 Å². The normalized spacial score (nSPS) is 11.7. The Morgan fingerprint density at radius 2 is 2.15 bits per heavy atom. The number of rotatable bonds is 5. The summed E-state index contributed by atoms with van der Waals surface area (Å²) < 4.78 is 27.3. The van der Waals surface area contributed by atoms with Crippen LogP contribution in [0.15, 0.2) is 38.3 Å². The predicted molar refractivity (Wildman–Crippen MR) is 86.8 cm³/mol. The summed E-state index contributed by atoms with van der Waals surface area (Å²) in [6, 6.07) is 4.83. The van der Waals surface area contributed by atoms with Gasteiger partial charge in [-0.1, -0.05) is 11.6 Å². The van der Waals surface area contributed by atoms with Crippen molar-refractivity contribution in [2.45, 2.75) is 11.3 Å². The third-order valence-corrected chi connectivity index (χ3v) is 6.19. The molecule has 0 aliphatic carbocycles. The summed E-state index contributed by atoms with van der Waals surface area (Å²) in [7, 11) is -3.65. The van der Waals surface area contributed by atoms with E-state index in [-0.39, 0.29) is 15.6 Å². The van der Waals surface area contributed by atoms with Crippen LogP contribution in [0.4, 0.5) is 5.69 Å². The second kappa shape index (κ2) is 6.44. The number of thiophene rings is 1. The highest BCUT2D eigenvalue weighted by atomic mass is 79.9. The molecule has 108 valence electrons. The minimum Gasteiger partial charge on any atom is -0.398 e. The molecule has 0 aliphatic rings. The maximum absolute atomic E-state index is 12.2. The topological polar surface area (TPSA) is 72.2 Å². The van der Waals surface area contributed by atoms with Gasteiger partial charge in [0, 0.05) is 17.3 Å². The lowest BCUT2D eigenvalue weighted by Gasteiger charge is -2.10. The SMILES string of the molecule is Nc1cc(Cl)cc(S(=O)(=O)NCCc2ccsc2)c1Br. The summed E-state index contributed by atoms with van der Waals surface area (Å²) in [5, 5.41) is 4.23. The highest BCUT2D eigenvalue weighted by Gasteiger charge is 2.19. The van der Waals surface area contributed by atoms with Crippen molar-refractivity contribution in [3.05, 3.63) is 44.0 Å². The fraction of sp³-hybridized carbons (Fsp3) is 0.167. The lowest BCUT2D eigenvalue weighted by molar-refractivity contribution is 0.581. The van der Waals surface area contributed by atoms with Crippen molar-refractivity contribution in [2.75, 3.05) is 12.3 Å². The van der Waals surface area contributed by atoms with Crippen molar-refractivity contribution in [1.82, 2.24) is 4.72 Å². The molecule has 20 heavy (non-hydrogen) atoms. The first-order valence-corrected chi connectivity index (χ1v) is 9.25. The molecule has 3 N–H and O–H groups in total. The molecule has 0 fully saturated rings. The van der Waals surface area contributed by atoms with Crippen LogP contribution in [0.3, 0.4) is 0 Å². The van der Waals surface area contributed by atoms with Crippen LogP contribution >= 0.6 is 38.9 Å². The summed E-state index contributed by atoms with van der Waals surface area (Å²) in [5.41, 5.74) is 7.09. The molecular weight excluding hydrogens is 384 g/mol. The molecule has 0 aliphatic heterocycles. The maximum Gasteiger partial charge on any atom is 0.241 e. The smallest absolute Gasteiger partial charge is 0.241 e. The highest BCUT2D eigenvalue weighted by molar-refractivity contribution is 9.10. The van der Waals surface area contributed by atoms with E-state index in [2.05, 4.69) is 20.7 Å². The average molecular weight is 396 g/mol. The molecule has 0 atom stereocenters. The number of halogens is 2. The van der Waals surface area contributed by atoms with E-state index in [0.29, 0.717) is 17.4 Å². The molecule has 0 amide bonds. The number of nitrogens with two attached hydrogens (primary N) is 1. The van der Waals surface area contributed by atoms with Crippen molar-refractivity contribution in [3.63, 3.8) is 0 Å². The van der Waals surface area contributed by atoms with E-state index in [9.17, 15) is 8.42 Å². The van der Waals surface area contributed by atoms with Crippen molar-refractivity contribution in [3.8, 4) is 0 Å². The van der Waals surface area contributed by atoms with Gasteiger partial charge in [-0.05, 0) is 56.9 Å². The molecule has 0 saturated heterocycles. The highest BCUT2D eigenvalue weighted by Crippen LogP contribution is 2.31. The largest absolute Gasteiger partial charge is 0.398 e.